The quantitative estimate of drug-likeness (QED) is 0.0163. The molecule has 1 aliphatic heterocycles. The summed E-state index contributed by atoms with van der Waals surface area (Å²) >= 11 is 0.205. The van der Waals surface area contributed by atoms with Crippen molar-refractivity contribution in [1.82, 2.24) is 5.32 Å². The number of rotatable bonds is 40. The van der Waals surface area contributed by atoms with Crippen LogP contribution in [0, 0.1) is 0 Å². The molecule has 0 aliphatic carbocycles. The van der Waals surface area contributed by atoms with Gasteiger partial charge >= 0.3 is 11.9 Å². The maximum absolute atomic E-state index is 13.8. The molecule has 1 heterocycles. The minimum atomic E-state index is -1.69. The van der Waals surface area contributed by atoms with Gasteiger partial charge in [-0.1, -0.05) is 188 Å². The van der Waals surface area contributed by atoms with Gasteiger partial charge in [0.15, 0.2) is 24.7 Å². The maximum atomic E-state index is 13.8. The summed E-state index contributed by atoms with van der Waals surface area (Å²) < 4.78 is 27.4. The number of hydrogen-bond acceptors (Lipinski definition) is 13. The van der Waals surface area contributed by atoms with Crippen molar-refractivity contribution in [3.63, 3.8) is 0 Å². The molecule has 1 unspecified atom stereocenters. The zero-order chi connectivity index (χ0) is 47.3. The topological polar surface area (TPSA) is 179 Å². The van der Waals surface area contributed by atoms with Crippen LogP contribution in [0.1, 0.15) is 191 Å². The third-order valence-electron chi connectivity index (χ3n) is 12.4. The monoisotopic (exact) mass is 946 g/mol. The van der Waals surface area contributed by atoms with E-state index in [0.717, 1.165) is 103 Å². The first kappa shape index (κ1) is 57.2. The lowest BCUT2D eigenvalue weighted by Crippen LogP contribution is -2.65. The van der Waals surface area contributed by atoms with E-state index in [9.17, 15) is 24.6 Å². The van der Waals surface area contributed by atoms with Crippen LogP contribution in [0.15, 0.2) is 60.7 Å². The molecule has 374 valence electrons. The average molecular weight is 946 g/mol. The minimum absolute atomic E-state index is 0.0866. The van der Waals surface area contributed by atoms with Gasteiger partial charge in [0.05, 0.1) is 13.0 Å². The number of benzene rings is 2. The number of hydrogen-bond donors (Lipinski definition) is 4. The molecule has 0 bridgehead atoms. The third-order valence-corrected chi connectivity index (χ3v) is 12.8. The Morgan fingerprint density at radius 2 is 1.14 bits per heavy atom. The standard InChI is InChI=1S/C52H83NO12S/c1-2-3-4-5-6-7-8-9-10-17-28-37-44(60-47(56)38-29-18-13-11-15-22-31-42-33-24-20-25-34-42)40-46(55)53-49-51(50(63-66-65-64-59)45(41-54)61-52(49)58)62-48(57)39-30-19-14-12-16-23-32-43-35-26-21-27-36-43/h20-21,24-27,33-36,44-45,49-52,54,58-59H,2-19,22-23,28-32,37-41H2,1H3,(H,53,55)/t44-,45+,49+,50+,51+,52?/m0/s1. The normalized spacial score (nSPS) is 18.8. The first-order chi connectivity index (χ1) is 32.3. The van der Waals surface area contributed by atoms with E-state index in [0.29, 0.717) is 19.3 Å². The fourth-order valence-corrected chi connectivity index (χ4v) is 8.98. The van der Waals surface area contributed by atoms with Crippen LogP contribution in [0.5, 0.6) is 0 Å². The lowest BCUT2D eigenvalue weighted by molar-refractivity contribution is -0.435. The Balaban J connectivity index is 1.53. The molecule has 0 radical (unpaired) electrons. The highest BCUT2D eigenvalue weighted by molar-refractivity contribution is 7.89. The van der Waals surface area contributed by atoms with E-state index < -0.39 is 55.2 Å². The average Bonchev–Trinajstić information content (AvgIpc) is 3.32. The minimum Gasteiger partial charge on any atom is -0.462 e. The van der Waals surface area contributed by atoms with Crippen LogP contribution in [-0.2, 0) is 55.0 Å². The summed E-state index contributed by atoms with van der Waals surface area (Å²) in [6.07, 6.45) is 21.1. The lowest BCUT2D eigenvalue weighted by Gasteiger charge is -2.43. The van der Waals surface area contributed by atoms with Gasteiger partial charge in [0, 0.05) is 12.8 Å². The van der Waals surface area contributed by atoms with Gasteiger partial charge in [-0.05, 0) is 62.5 Å². The van der Waals surface area contributed by atoms with Crippen molar-refractivity contribution in [1.29, 1.82) is 0 Å². The molecule has 66 heavy (non-hydrogen) atoms. The SMILES string of the molecule is CCCCCCCCCCCCC[C@@H](CC(=O)N[C@H]1C(O)O[C@H](CO)[C@@H](OSOOO)[C@@H]1OC(=O)CCCCCCCCc1ccccc1)OC(=O)CCCCCCCCc1ccccc1. The van der Waals surface area contributed by atoms with E-state index in [-0.39, 0.29) is 37.6 Å². The second kappa shape index (κ2) is 37.8. The van der Waals surface area contributed by atoms with Crippen LogP contribution >= 0.6 is 12.3 Å². The van der Waals surface area contributed by atoms with E-state index in [2.05, 4.69) is 70.1 Å². The van der Waals surface area contributed by atoms with Crippen molar-refractivity contribution in [2.75, 3.05) is 6.61 Å². The van der Waals surface area contributed by atoms with Crippen LogP contribution in [0.25, 0.3) is 0 Å². The molecule has 1 fully saturated rings. The molecule has 14 heteroatoms. The first-order valence-corrected chi connectivity index (χ1v) is 26.0. The van der Waals surface area contributed by atoms with Gasteiger partial charge in [-0.25, -0.2) is 5.26 Å². The number of aliphatic hydroxyl groups excluding tert-OH is 2. The molecule has 2 aromatic carbocycles. The molecule has 13 nitrogen and oxygen atoms in total. The highest BCUT2D eigenvalue weighted by Crippen LogP contribution is 2.29. The largest absolute Gasteiger partial charge is 0.462 e. The number of carbonyl (C=O) groups is 3. The van der Waals surface area contributed by atoms with Crippen LogP contribution in [0.3, 0.4) is 0 Å². The van der Waals surface area contributed by atoms with Crippen molar-refractivity contribution >= 4 is 30.2 Å². The summed E-state index contributed by atoms with van der Waals surface area (Å²) in [6.45, 7) is 1.60. The molecular weight excluding hydrogens is 863 g/mol. The van der Waals surface area contributed by atoms with E-state index in [1.54, 1.807) is 0 Å². The molecule has 1 saturated heterocycles. The van der Waals surface area contributed by atoms with E-state index >= 15 is 0 Å². The molecule has 6 atom stereocenters. The van der Waals surface area contributed by atoms with Crippen LogP contribution in [-0.4, -0.2) is 76.7 Å². The molecule has 2 aromatic rings. The van der Waals surface area contributed by atoms with Crippen molar-refractivity contribution < 1.29 is 57.6 Å². The molecule has 0 saturated carbocycles. The fourth-order valence-electron chi connectivity index (χ4n) is 8.60. The summed E-state index contributed by atoms with van der Waals surface area (Å²) in [5.41, 5.74) is 2.68. The zero-order valence-electron chi connectivity index (χ0n) is 39.9. The number of ether oxygens (including phenoxy) is 3. The Hall–Kier alpha value is -3.08. The van der Waals surface area contributed by atoms with E-state index in [4.69, 9.17) is 23.7 Å². The Kier molecular flexibility index (Phi) is 32.8. The highest BCUT2D eigenvalue weighted by atomic mass is 32.2. The molecule has 1 amide bonds. The van der Waals surface area contributed by atoms with Crippen LogP contribution in [0.2, 0.25) is 0 Å². The Labute approximate surface area is 400 Å². The van der Waals surface area contributed by atoms with Gasteiger partial charge in [0.2, 0.25) is 5.91 Å². The highest BCUT2D eigenvalue weighted by Gasteiger charge is 2.49. The Morgan fingerprint density at radius 3 is 1.65 bits per heavy atom. The fraction of sp³-hybridized carbons (Fsp3) is 0.712. The zero-order valence-corrected chi connectivity index (χ0v) is 40.7. The number of amides is 1. The van der Waals surface area contributed by atoms with Crippen molar-refractivity contribution in [3.8, 4) is 0 Å². The number of esters is 2. The number of aliphatic hydroxyl groups is 2. The van der Waals surface area contributed by atoms with Gasteiger partial charge in [-0.2, -0.15) is 0 Å². The van der Waals surface area contributed by atoms with Gasteiger partial charge in [0.25, 0.3) is 0 Å². The molecular formula is C52H83NO12S. The Morgan fingerprint density at radius 1 is 0.652 bits per heavy atom. The Bertz CT molecular complexity index is 1510. The number of nitrogens with one attached hydrogen (secondary N) is 1. The molecule has 3 rings (SSSR count). The van der Waals surface area contributed by atoms with Gasteiger partial charge < -0.3 is 29.7 Å². The summed E-state index contributed by atoms with van der Waals surface area (Å²) in [5.74, 6) is -1.47. The molecule has 0 spiro atoms. The van der Waals surface area contributed by atoms with Crippen molar-refractivity contribution in [2.24, 2.45) is 0 Å². The summed E-state index contributed by atoms with van der Waals surface area (Å²) in [6, 6.07) is 19.6. The maximum Gasteiger partial charge on any atom is 0.306 e. The van der Waals surface area contributed by atoms with Gasteiger partial charge in [-0.15, -0.1) is 4.33 Å². The summed E-state index contributed by atoms with van der Waals surface area (Å²) in [4.78, 5) is 40.2. The van der Waals surface area contributed by atoms with Crippen molar-refractivity contribution in [2.45, 2.75) is 230 Å². The lowest BCUT2D eigenvalue weighted by atomic mass is 9.96. The van der Waals surface area contributed by atoms with E-state index in [1.807, 2.05) is 12.1 Å². The van der Waals surface area contributed by atoms with Crippen LogP contribution < -0.4 is 5.32 Å². The smallest absolute Gasteiger partial charge is 0.306 e. The van der Waals surface area contributed by atoms with Gasteiger partial charge in [0.1, 0.15) is 24.4 Å². The van der Waals surface area contributed by atoms with Crippen molar-refractivity contribution in [3.05, 3.63) is 71.8 Å². The summed E-state index contributed by atoms with van der Waals surface area (Å²) in [7, 11) is 0. The number of aryl methyl sites for hydroxylation is 2. The second-order valence-corrected chi connectivity index (χ2v) is 18.4. The van der Waals surface area contributed by atoms with Crippen LogP contribution in [0.4, 0.5) is 0 Å². The third kappa shape index (κ3) is 26.5. The van der Waals surface area contributed by atoms with Gasteiger partial charge in [-0.3, -0.25) is 18.6 Å². The second-order valence-electron chi connectivity index (χ2n) is 17.9. The molecule has 4 N–H and O–H groups in total. The number of carbonyl (C=O) groups excluding carboxylic acids is 3. The predicted molar refractivity (Wildman–Crippen MR) is 258 cm³/mol. The molecule has 1 aliphatic rings. The predicted octanol–water partition coefficient (Wildman–Crippen LogP) is 11.4. The first-order valence-electron chi connectivity index (χ1n) is 25.3. The molecule has 0 aromatic heterocycles. The van der Waals surface area contributed by atoms with E-state index in [1.165, 1.54) is 56.1 Å². The number of unbranched alkanes of at least 4 members (excludes halogenated alkanes) is 20. The summed E-state index contributed by atoms with van der Waals surface area (Å²) in [5, 5.41) is 36.4.